The molecule has 150 valence electrons. The number of hydrogen-bond donors (Lipinski definition) is 1. The van der Waals surface area contributed by atoms with Crippen LogP contribution in [0.4, 0.5) is 0 Å². The van der Waals surface area contributed by atoms with Crippen molar-refractivity contribution in [3.63, 3.8) is 0 Å². The molecule has 5 nitrogen and oxygen atoms in total. The van der Waals surface area contributed by atoms with Gasteiger partial charge in [0, 0.05) is 37.7 Å². The number of benzene rings is 2. The Morgan fingerprint density at radius 1 is 1.14 bits per heavy atom. The molecule has 1 unspecified atom stereocenters. The molecule has 0 aromatic heterocycles. The first-order valence-corrected chi connectivity index (χ1v) is 11.0. The van der Waals surface area contributed by atoms with Crippen LogP contribution in [0.3, 0.4) is 0 Å². The molecule has 0 fully saturated rings. The zero-order valence-corrected chi connectivity index (χ0v) is 17.6. The number of ketones is 1. The van der Waals surface area contributed by atoms with E-state index in [1.807, 2.05) is 12.1 Å². The number of hydrogen-bond acceptors (Lipinski definition) is 4. The number of nitrogens with zero attached hydrogens (tertiary/aromatic N) is 1. The molecule has 1 atom stereocenters. The lowest BCUT2D eigenvalue weighted by molar-refractivity contribution is 0.0949. The largest absolute Gasteiger partial charge is 0.295 e. The van der Waals surface area contributed by atoms with Gasteiger partial charge in [-0.3, -0.25) is 9.69 Å². The van der Waals surface area contributed by atoms with Gasteiger partial charge in [0.1, 0.15) is 4.90 Å². The van der Waals surface area contributed by atoms with Crippen molar-refractivity contribution in [2.75, 3.05) is 19.6 Å². The number of carbonyl (C=O) groups is 1. The van der Waals surface area contributed by atoms with Crippen molar-refractivity contribution in [2.45, 2.75) is 30.2 Å². The average molecular weight is 441 g/mol. The van der Waals surface area contributed by atoms with Gasteiger partial charge in [-0.2, -0.15) is 0 Å². The van der Waals surface area contributed by atoms with Crippen LogP contribution in [-0.2, 0) is 16.4 Å². The highest BCUT2D eigenvalue weighted by molar-refractivity contribution is 7.89. The number of halogens is 2. The molecule has 4 rings (SSSR count). The molecule has 1 aliphatic heterocycles. The molecule has 0 amide bonds. The summed E-state index contributed by atoms with van der Waals surface area (Å²) in [5.41, 5.74) is 3.33. The second-order valence-electron chi connectivity index (χ2n) is 6.99. The highest BCUT2D eigenvalue weighted by atomic mass is 35.5. The van der Waals surface area contributed by atoms with Crippen LogP contribution in [0.15, 0.2) is 47.4 Å². The van der Waals surface area contributed by atoms with E-state index >= 15 is 0 Å². The minimum atomic E-state index is -3.61. The standard InChI is InChI=1S/C20H21ClN2O3S.ClH/c21-16-7-1-2-8-19(16)27(25,26)22-10-4-11-23-12-9-14-5-3-6-15-18(24)13-17(23)20(14)15;/h1-3,5-8,17,22H,4,9-13H2;1H. The van der Waals surface area contributed by atoms with Crippen LogP contribution in [0, 0.1) is 0 Å². The van der Waals surface area contributed by atoms with Crippen LogP contribution in [0.5, 0.6) is 0 Å². The summed E-state index contributed by atoms with van der Waals surface area (Å²) in [7, 11) is -3.61. The summed E-state index contributed by atoms with van der Waals surface area (Å²) in [6.45, 7) is 1.97. The van der Waals surface area contributed by atoms with Gasteiger partial charge in [0.2, 0.25) is 10.0 Å². The van der Waals surface area contributed by atoms with E-state index in [1.54, 1.807) is 18.2 Å². The molecule has 0 bridgehead atoms. The number of sulfonamides is 1. The summed E-state index contributed by atoms with van der Waals surface area (Å²) in [6.07, 6.45) is 2.13. The van der Waals surface area contributed by atoms with Crippen LogP contribution in [-0.4, -0.2) is 38.7 Å². The van der Waals surface area contributed by atoms with Gasteiger partial charge in [-0.15, -0.1) is 12.4 Å². The molecule has 1 aliphatic carbocycles. The Morgan fingerprint density at radius 3 is 2.71 bits per heavy atom. The summed E-state index contributed by atoms with van der Waals surface area (Å²) in [5.74, 6) is 0.211. The van der Waals surface area contributed by atoms with Gasteiger partial charge >= 0.3 is 0 Å². The number of carbonyl (C=O) groups excluding carboxylic acids is 1. The van der Waals surface area contributed by atoms with Crippen molar-refractivity contribution < 1.29 is 13.2 Å². The molecule has 0 saturated heterocycles. The highest BCUT2D eigenvalue weighted by Crippen LogP contribution is 2.41. The van der Waals surface area contributed by atoms with Crippen LogP contribution >= 0.6 is 24.0 Å². The topological polar surface area (TPSA) is 66.5 Å². The Hall–Kier alpha value is -1.44. The molecule has 0 spiro atoms. The SMILES string of the molecule is Cl.O=C1CC2c3c(cccc31)CCN2CCCNS(=O)(=O)c1ccccc1Cl. The van der Waals surface area contributed by atoms with Crippen molar-refractivity contribution >= 4 is 39.8 Å². The molecule has 1 N–H and O–H groups in total. The summed E-state index contributed by atoms with van der Waals surface area (Å²) >= 11 is 5.99. The van der Waals surface area contributed by atoms with Gasteiger partial charge in [0.05, 0.1) is 5.02 Å². The van der Waals surface area contributed by atoms with E-state index in [0.29, 0.717) is 19.4 Å². The lowest BCUT2D eigenvalue weighted by Gasteiger charge is -2.34. The van der Waals surface area contributed by atoms with Crippen LogP contribution < -0.4 is 4.72 Å². The summed E-state index contributed by atoms with van der Waals surface area (Å²) in [4.78, 5) is 14.7. The van der Waals surface area contributed by atoms with Crippen LogP contribution in [0.2, 0.25) is 5.02 Å². The van der Waals surface area contributed by atoms with Gasteiger partial charge in [0.15, 0.2) is 5.78 Å². The molecule has 1 heterocycles. The Bertz CT molecular complexity index is 995. The third kappa shape index (κ3) is 3.98. The van der Waals surface area contributed by atoms with Crippen LogP contribution in [0.25, 0.3) is 0 Å². The average Bonchev–Trinajstić information content (AvgIpc) is 2.99. The third-order valence-electron chi connectivity index (χ3n) is 5.36. The lowest BCUT2D eigenvalue weighted by atomic mass is 9.93. The molecular formula is C20H22Cl2N2O3S. The third-order valence-corrected chi connectivity index (χ3v) is 7.32. The van der Waals surface area contributed by atoms with E-state index in [4.69, 9.17) is 11.6 Å². The lowest BCUT2D eigenvalue weighted by Crippen LogP contribution is -2.36. The van der Waals surface area contributed by atoms with Gasteiger partial charge < -0.3 is 0 Å². The Balaban J connectivity index is 0.00000225. The van der Waals surface area contributed by atoms with Crippen molar-refractivity contribution in [1.82, 2.24) is 9.62 Å². The van der Waals surface area contributed by atoms with E-state index in [-0.39, 0.29) is 34.2 Å². The van der Waals surface area contributed by atoms with Crippen LogP contribution in [0.1, 0.15) is 40.4 Å². The van der Waals surface area contributed by atoms with Crippen molar-refractivity contribution in [3.8, 4) is 0 Å². The second-order valence-corrected chi connectivity index (χ2v) is 9.13. The molecule has 28 heavy (non-hydrogen) atoms. The smallest absolute Gasteiger partial charge is 0.242 e. The number of Topliss-reactive ketones (excluding diaryl/α,β-unsaturated/α-hetero) is 1. The van der Waals surface area contributed by atoms with Crippen molar-refractivity contribution in [3.05, 3.63) is 64.2 Å². The molecule has 2 aromatic rings. The predicted octanol–water partition coefficient (Wildman–Crippen LogP) is 3.62. The van der Waals surface area contributed by atoms with Crippen molar-refractivity contribution in [1.29, 1.82) is 0 Å². The van der Waals surface area contributed by atoms with E-state index in [9.17, 15) is 13.2 Å². The normalized spacial score (nSPS) is 18.6. The molecule has 0 saturated carbocycles. The minimum absolute atomic E-state index is 0. The van der Waals surface area contributed by atoms with Gasteiger partial charge in [-0.1, -0.05) is 41.9 Å². The zero-order valence-electron chi connectivity index (χ0n) is 15.2. The first kappa shape index (κ1) is 21.3. The maximum atomic E-state index is 12.4. The van der Waals surface area contributed by atoms with Gasteiger partial charge in [-0.05, 0) is 36.1 Å². The van der Waals surface area contributed by atoms with E-state index < -0.39 is 10.0 Å². The van der Waals surface area contributed by atoms with Gasteiger partial charge in [-0.25, -0.2) is 13.1 Å². The summed E-state index contributed by atoms with van der Waals surface area (Å²) < 4.78 is 27.4. The fourth-order valence-corrected chi connectivity index (χ4v) is 5.68. The Kier molecular flexibility index (Phi) is 6.47. The molecule has 8 heteroatoms. The number of nitrogens with one attached hydrogen (secondary N) is 1. The summed E-state index contributed by atoms with van der Waals surface area (Å²) in [6, 6.07) is 12.5. The highest BCUT2D eigenvalue weighted by Gasteiger charge is 2.37. The predicted molar refractivity (Wildman–Crippen MR) is 112 cm³/mol. The number of rotatable bonds is 6. The molecule has 0 radical (unpaired) electrons. The van der Waals surface area contributed by atoms with E-state index in [2.05, 4.69) is 15.7 Å². The maximum absolute atomic E-state index is 12.4. The Morgan fingerprint density at radius 2 is 1.93 bits per heavy atom. The molecular weight excluding hydrogens is 419 g/mol. The minimum Gasteiger partial charge on any atom is -0.295 e. The van der Waals surface area contributed by atoms with E-state index in [0.717, 1.165) is 25.1 Å². The zero-order chi connectivity index (χ0) is 19.0. The van der Waals surface area contributed by atoms with Crippen molar-refractivity contribution in [2.24, 2.45) is 0 Å². The van der Waals surface area contributed by atoms with Gasteiger partial charge in [0.25, 0.3) is 0 Å². The first-order valence-electron chi connectivity index (χ1n) is 9.10. The fourth-order valence-electron chi connectivity index (χ4n) is 4.08. The van der Waals surface area contributed by atoms with E-state index in [1.165, 1.54) is 17.2 Å². The second kappa shape index (κ2) is 8.51. The first-order chi connectivity index (χ1) is 13.0. The fraction of sp³-hybridized carbons (Fsp3) is 0.350. The monoisotopic (exact) mass is 440 g/mol. The summed E-state index contributed by atoms with van der Waals surface area (Å²) in [5, 5.41) is 0.217. The molecule has 2 aliphatic rings. The quantitative estimate of drug-likeness (QED) is 0.696. The maximum Gasteiger partial charge on any atom is 0.242 e. The molecule has 2 aromatic carbocycles. The Labute approximate surface area is 176 Å².